The van der Waals surface area contributed by atoms with Gasteiger partial charge in [-0.2, -0.15) is 0 Å². The molecule has 2 rings (SSSR count). The zero-order valence-electron chi connectivity index (χ0n) is 10.8. The quantitative estimate of drug-likeness (QED) is 0.898. The minimum Gasteiger partial charge on any atom is -0.493 e. The molecule has 0 spiro atoms. The third-order valence-corrected chi connectivity index (χ3v) is 3.62. The molecule has 1 amide bonds. The number of rotatable bonds is 5. The lowest BCUT2D eigenvalue weighted by Crippen LogP contribution is -2.30. The molecule has 1 aromatic carbocycles. The van der Waals surface area contributed by atoms with Crippen molar-refractivity contribution in [2.45, 2.75) is 12.8 Å². The summed E-state index contributed by atoms with van der Waals surface area (Å²) in [5.74, 6) is 1.34. The predicted molar refractivity (Wildman–Crippen MR) is 75.3 cm³/mol. The summed E-state index contributed by atoms with van der Waals surface area (Å²) in [6.45, 7) is 2.66. The summed E-state index contributed by atoms with van der Waals surface area (Å²) in [5.41, 5.74) is 5.61. The molecule has 1 saturated heterocycles. The van der Waals surface area contributed by atoms with Crippen LogP contribution in [0.1, 0.15) is 12.8 Å². The molecule has 1 atom stereocenters. The Hall–Kier alpha value is -1.26. The van der Waals surface area contributed by atoms with Gasteiger partial charge >= 0.3 is 0 Å². The van der Waals surface area contributed by atoms with E-state index in [0.717, 1.165) is 25.3 Å². The molecule has 0 bridgehead atoms. The molecule has 1 aliphatic heterocycles. The maximum Gasteiger partial charge on any atom is 0.226 e. The van der Waals surface area contributed by atoms with Gasteiger partial charge in [0, 0.05) is 18.1 Å². The van der Waals surface area contributed by atoms with Crippen LogP contribution in [0.3, 0.4) is 0 Å². The van der Waals surface area contributed by atoms with Gasteiger partial charge in [0.25, 0.3) is 0 Å². The van der Waals surface area contributed by atoms with Crippen LogP contribution in [0.25, 0.3) is 0 Å². The smallest absolute Gasteiger partial charge is 0.226 e. The van der Waals surface area contributed by atoms with Crippen molar-refractivity contribution in [1.82, 2.24) is 4.90 Å². The molecule has 1 aromatic rings. The lowest BCUT2D eigenvalue weighted by atomic mass is 10.1. The zero-order valence-corrected chi connectivity index (χ0v) is 11.6. The van der Waals surface area contributed by atoms with E-state index in [1.807, 2.05) is 4.90 Å². The second-order valence-corrected chi connectivity index (χ2v) is 5.22. The Bertz CT molecular complexity index is 422. The highest BCUT2D eigenvalue weighted by Crippen LogP contribution is 2.17. The topological polar surface area (TPSA) is 55.6 Å². The molecular formula is C14H19ClN2O2. The molecule has 1 aliphatic rings. The maximum atomic E-state index is 11.9. The summed E-state index contributed by atoms with van der Waals surface area (Å²) in [5, 5.41) is 0.674. The highest BCUT2D eigenvalue weighted by Gasteiger charge is 2.24. The summed E-state index contributed by atoms with van der Waals surface area (Å²) in [6.07, 6.45) is 1.42. The molecule has 0 aliphatic carbocycles. The molecule has 2 N–H and O–H groups in total. The van der Waals surface area contributed by atoms with Crippen LogP contribution < -0.4 is 10.5 Å². The first kappa shape index (κ1) is 14.2. The molecule has 5 heteroatoms. The number of likely N-dealkylation sites (tertiary alicyclic amines) is 1. The number of nitrogens with zero attached hydrogens (tertiary/aromatic N) is 1. The SMILES string of the molecule is NC[C@@H]1CCN(C(=O)CCOc2ccc(Cl)cc2)C1. The minimum atomic E-state index is 0.143. The van der Waals surface area contributed by atoms with E-state index in [-0.39, 0.29) is 5.91 Å². The zero-order chi connectivity index (χ0) is 13.7. The van der Waals surface area contributed by atoms with Crippen LogP contribution in [0.15, 0.2) is 24.3 Å². The second-order valence-electron chi connectivity index (χ2n) is 4.78. The van der Waals surface area contributed by atoms with E-state index in [1.165, 1.54) is 0 Å². The summed E-state index contributed by atoms with van der Waals surface area (Å²) < 4.78 is 5.51. The van der Waals surface area contributed by atoms with Crippen LogP contribution in [0.5, 0.6) is 5.75 Å². The molecule has 0 saturated carbocycles. The first-order valence-electron chi connectivity index (χ1n) is 6.55. The van der Waals surface area contributed by atoms with E-state index in [1.54, 1.807) is 24.3 Å². The van der Waals surface area contributed by atoms with E-state index < -0.39 is 0 Å². The Labute approximate surface area is 118 Å². The molecule has 1 heterocycles. The van der Waals surface area contributed by atoms with Gasteiger partial charge in [-0.25, -0.2) is 0 Å². The van der Waals surface area contributed by atoms with Gasteiger partial charge in [0.1, 0.15) is 5.75 Å². The van der Waals surface area contributed by atoms with Crippen molar-refractivity contribution in [3.05, 3.63) is 29.3 Å². The number of nitrogens with two attached hydrogens (primary N) is 1. The number of hydrogen-bond donors (Lipinski definition) is 1. The van der Waals surface area contributed by atoms with Crippen LogP contribution in [-0.2, 0) is 4.79 Å². The van der Waals surface area contributed by atoms with E-state index in [2.05, 4.69) is 0 Å². The average molecular weight is 283 g/mol. The molecular weight excluding hydrogens is 264 g/mol. The van der Waals surface area contributed by atoms with E-state index in [9.17, 15) is 4.79 Å². The van der Waals surface area contributed by atoms with Crippen molar-refractivity contribution in [3.63, 3.8) is 0 Å². The maximum absolute atomic E-state index is 11.9. The van der Waals surface area contributed by atoms with Crippen LogP contribution in [0.2, 0.25) is 5.02 Å². The third kappa shape index (κ3) is 4.11. The number of amides is 1. The fraction of sp³-hybridized carbons (Fsp3) is 0.500. The van der Waals surface area contributed by atoms with Crippen LogP contribution in [0.4, 0.5) is 0 Å². The van der Waals surface area contributed by atoms with Gasteiger partial charge in [-0.15, -0.1) is 0 Å². The van der Waals surface area contributed by atoms with Gasteiger partial charge in [0.15, 0.2) is 0 Å². The van der Waals surface area contributed by atoms with Gasteiger partial charge in [0.2, 0.25) is 5.91 Å². The summed E-state index contributed by atoms with van der Waals surface area (Å²) in [6, 6.07) is 7.14. The Morgan fingerprint density at radius 3 is 2.79 bits per heavy atom. The number of halogens is 1. The largest absolute Gasteiger partial charge is 0.493 e. The van der Waals surface area contributed by atoms with Crippen molar-refractivity contribution in [3.8, 4) is 5.75 Å². The third-order valence-electron chi connectivity index (χ3n) is 3.37. The van der Waals surface area contributed by atoms with Crippen molar-refractivity contribution in [2.75, 3.05) is 26.2 Å². The van der Waals surface area contributed by atoms with E-state index in [4.69, 9.17) is 22.1 Å². The predicted octanol–water partition coefficient (Wildman–Crippen LogP) is 1.92. The molecule has 0 unspecified atom stereocenters. The Morgan fingerprint density at radius 2 is 2.16 bits per heavy atom. The molecule has 4 nitrogen and oxygen atoms in total. The van der Waals surface area contributed by atoms with Crippen LogP contribution in [0, 0.1) is 5.92 Å². The monoisotopic (exact) mass is 282 g/mol. The molecule has 104 valence electrons. The average Bonchev–Trinajstić information content (AvgIpc) is 2.90. The first-order chi connectivity index (χ1) is 9.19. The van der Waals surface area contributed by atoms with Crippen molar-refractivity contribution < 1.29 is 9.53 Å². The van der Waals surface area contributed by atoms with Crippen LogP contribution >= 0.6 is 11.6 Å². The van der Waals surface area contributed by atoms with E-state index in [0.29, 0.717) is 30.5 Å². The second kappa shape index (κ2) is 6.78. The van der Waals surface area contributed by atoms with E-state index >= 15 is 0 Å². The van der Waals surface area contributed by atoms with Crippen molar-refractivity contribution in [1.29, 1.82) is 0 Å². The van der Waals surface area contributed by atoms with Gasteiger partial charge in [0.05, 0.1) is 13.0 Å². The normalized spacial score (nSPS) is 18.6. The lowest BCUT2D eigenvalue weighted by molar-refractivity contribution is -0.130. The first-order valence-corrected chi connectivity index (χ1v) is 6.93. The summed E-state index contributed by atoms with van der Waals surface area (Å²) >= 11 is 5.78. The minimum absolute atomic E-state index is 0.143. The number of benzene rings is 1. The summed E-state index contributed by atoms with van der Waals surface area (Å²) in [4.78, 5) is 13.8. The number of carbonyl (C=O) groups excluding carboxylic acids is 1. The van der Waals surface area contributed by atoms with Crippen molar-refractivity contribution >= 4 is 17.5 Å². The molecule has 0 aromatic heterocycles. The highest BCUT2D eigenvalue weighted by atomic mass is 35.5. The standard InChI is InChI=1S/C14H19ClN2O2/c15-12-1-3-13(4-2-12)19-8-6-14(18)17-7-5-11(9-16)10-17/h1-4,11H,5-10,16H2/t11-/m0/s1. The lowest BCUT2D eigenvalue weighted by Gasteiger charge is -2.16. The number of hydrogen-bond acceptors (Lipinski definition) is 3. The number of ether oxygens (including phenoxy) is 1. The Morgan fingerprint density at radius 1 is 1.42 bits per heavy atom. The molecule has 1 fully saturated rings. The molecule has 0 radical (unpaired) electrons. The van der Waals surface area contributed by atoms with Gasteiger partial charge in [-0.3, -0.25) is 4.79 Å². The fourth-order valence-electron chi connectivity index (χ4n) is 2.20. The Kier molecular flexibility index (Phi) is 5.05. The highest BCUT2D eigenvalue weighted by molar-refractivity contribution is 6.30. The fourth-order valence-corrected chi connectivity index (χ4v) is 2.32. The molecule has 19 heavy (non-hydrogen) atoms. The van der Waals surface area contributed by atoms with Gasteiger partial charge in [-0.1, -0.05) is 11.6 Å². The summed E-state index contributed by atoms with van der Waals surface area (Å²) in [7, 11) is 0. The van der Waals surface area contributed by atoms with Gasteiger partial charge in [-0.05, 0) is 43.1 Å². The van der Waals surface area contributed by atoms with Crippen LogP contribution in [-0.4, -0.2) is 37.0 Å². The number of carbonyl (C=O) groups is 1. The van der Waals surface area contributed by atoms with Gasteiger partial charge < -0.3 is 15.4 Å². The van der Waals surface area contributed by atoms with Crippen molar-refractivity contribution in [2.24, 2.45) is 11.7 Å². The Balaban J connectivity index is 1.71.